The summed E-state index contributed by atoms with van der Waals surface area (Å²) in [6.07, 6.45) is 0.108. The fourth-order valence-electron chi connectivity index (χ4n) is 3.93. The third-order valence-electron chi connectivity index (χ3n) is 5.36. The highest BCUT2D eigenvalue weighted by Crippen LogP contribution is 2.56. The summed E-state index contributed by atoms with van der Waals surface area (Å²) in [5.41, 5.74) is 0.494. The number of aromatic nitrogens is 5. The van der Waals surface area contributed by atoms with E-state index in [2.05, 4.69) is 15.4 Å². The molecule has 0 spiro atoms. The number of nitrogens with zero attached hydrogens (tertiary/aromatic N) is 5. The lowest BCUT2D eigenvalue weighted by molar-refractivity contribution is 0.0797. The van der Waals surface area contributed by atoms with Gasteiger partial charge < -0.3 is 4.74 Å². The molecule has 0 bridgehead atoms. The number of ether oxygens (including phenoxy) is 1. The Balaban J connectivity index is 1.55. The smallest absolute Gasteiger partial charge is 0.298 e. The molecule has 9 heteroatoms. The van der Waals surface area contributed by atoms with E-state index in [1.807, 2.05) is 6.92 Å². The van der Waals surface area contributed by atoms with E-state index < -0.39 is 0 Å². The number of benzene rings is 1. The molecule has 2 fully saturated rings. The molecule has 1 saturated heterocycles. The second kappa shape index (κ2) is 5.59. The van der Waals surface area contributed by atoms with Crippen molar-refractivity contribution in [2.45, 2.75) is 25.6 Å². The van der Waals surface area contributed by atoms with Gasteiger partial charge in [0.25, 0.3) is 5.56 Å². The standard InChI is InChI=1S/C17H15ClFN5O2/c1-8-12-10(7-26-8)15(12)24-17(25)14-13(20-22-24)16(18)23(21-14)6-9-4-2-3-5-11(9)19/h2-5,8,10,12,15H,6-7H2,1H3/t8-,10-,12+,15+/m1/s1. The van der Waals surface area contributed by atoms with Gasteiger partial charge in [-0.15, -0.1) is 5.10 Å². The molecule has 26 heavy (non-hydrogen) atoms. The van der Waals surface area contributed by atoms with Crippen molar-refractivity contribution in [1.82, 2.24) is 24.8 Å². The predicted molar refractivity (Wildman–Crippen MR) is 91.5 cm³/mol. The molecule has 1 aromatic carbocycles. The van der Waals surface area contributed by atoms with Crippen LogP contribution in [0.5, 0.6) is 0 Å². The fraction of sp³-hybridized carbons (Fsp3) is 0.412. The first-order chi connectivity index (χ1) is 12.6. The van der Waals surface area contributed by atoms with E-state index >= 15 is 0 Å². The lowest BCUT2D eigenvalue weighted by Gasteiger charge is -2.10. The maximum atomic E-state index is 13.9. The molecular weight excluding hydrogens is 361 g/mol. The Hall–Kier alpha value is -2.32. The van der Waals surface area contributed by atoms with Crippen LogP contribution >= 0.6 is 11.6 Å². The van der Waals surface area contributed by atoms with Gasteiger partial charge in [0.05, 0.1) is 25.3 Å². The molecule has 2 aromatic heterocycles. The zero-order valence-corrected chi connectivity index (χ0v) is 14.6. The third kappa shape index (κ3) is 2.22. The van der Waals surface area contributed by atoms with Crippen LogP contribution in [0.3, 0.4) is 0 Å². The average Bonchev–Trinajstić information content (AvgIpc) is 3.09. The molecule has 0 N–H and O–H groups in total. The van der Waals surface area contributed by atoms with Crippen molar-refractivity contribution >= 4 is 22.6 Å². The van der Waals surface area contributed by atoms with Crippen LogP contribution in [-0.2, 0) is 11.3 Å². The van der Waals surface area contributed by atoms with Gasteiger partial charge in [0, 0.05) is 17.4 Å². The minimum Gasteiger partial charge on any atom is -0.378 e. The van der Waals surface area contributed by atoms with Gasteiger partial charge in [-0.2, -0.15) is 5.10 Å². The molecule has 7 nitrogen and oxygen atoms in total. The Bertz CT molecular complexity index is 1080. The monoisotopic (exact) mass is 375 g/mol. The van der Waals surface area contributed by atoms with Crippen molar-refractivity contribution in [2.75, 3.05) is 6.61 Å². The zero-order chi connectivity index (χ0) is 18.0. The van der Waals surface area contributed by atoms with Crippen molar-refractivity contribution in [3.05, 3.63) is 51.2 Å². The SMILES string of the molecule is C[C@H]1OC[C@@H]2[C@H]1[C@H]2n1nnc2c(Cl)n(Cc3ccccc3F)nc2c1=O. The van der Waals surface area contributed by atoms with Crippen molar-refractivity contribution in [1.29, 1.82) is 0 Å². The number of fused-ring (bicyclic) bond motifs is 2. The van der Waals surface area contributed by atoms with Crippen molar-refractivity contribution in [2.24, 2.45) is 11.8 Å². The van der Waals surface area contributed by atoms with Crippen LogP contribution in [0.15, 0.2) is 29.1 Å². The number of hydrogen-bond donors (Lipinski definition) is 0. The molecule has 1 saturated carbocycles. The zero-order valence-electron chi connectivity index (χ0n) is 13.8. The van der Waals surface area contributed by atoms with Gasteiger partial charge in [-0.3, -0.25) is 4.79 Å². The molecule has 0 radical (unpaired) electrons. The van der Waals surface area contributed by atoms with Gasteiger partial charge in [-0.05, 0) is 13.0 Å². The second-order valence-corrected chi connectivity index (χ2v) is 7.20. The normalized spacial score (nSPS) is 27.0. The molecule has 5 rings (SSSR count). The molecule has 1 aliphatic heterocycles. The minimum atomic E-state index is -0.355. The number of rotatable bonds is 3. The Morgan fingerprint density at radius 1 is 1.35 bits per heavy atom. The molecule has 0 unspecified atom stereocenters. The van der Waals surface area contributed by atoms with E-state index in [4.69, 9.17) is 16.3 Å². The molecule has 0 amide bonds. The lowest BCUT2D eigenvalue weighted by Crippen LogP contribution is -2.27. The topological polar surface area (TPSA) is 74.8 Å². The van der Waals surface area contributed by atoms with E-state index in [0.717, 1.165) is 0 Å². The quantitative estimate of drug-likeness (QED) is 0.700. The van der Waals surface area contributed by atoms with Gasteiger partial charge in [-0.25, -0.2) is 13.8 Å². The van der Waals surface area contributed by atoms with Crippen LogP contribution in [0.1, 0.15) is 18.5 Å². The van der Waals surface area contributed by atoms with E-state index in [1.54, 1.807) is 18.2 Å². The van der Waals surface area contributed by atoms with Crippen molar-refractivity contribution < 1.29 is 9.13 Å². The van der Waals surface area contributed by atoms with Gasteiger partial charge in [-0.1, -0.05) is 35.0 Å². The van der Waals surface area contributed by atoms with Gasteiger partial charge >= 0.3 is 0 Å². The minimum absolute atomic E-state index is 0.00126. The molecule has 1 aliphatic carbocycles. The summed E-state index contributed by atoms with van der Waals surface area (Å²) >= 11 is 6.31. The van der Waals surface area contributed by atoms with E-state index in [0.29, 0.717) is 18.1 Å². The highest BCUT2D eigenvalue weighted by atomic mass is 35.5. The van der Waals surface area contributed by atoms with Crippen LogP contribution < -0.4 is 5.56 Å². The lowest BCUT2D eigenvalue weighted by atomic mass is 10.2. The van der Waals surface area contributed by atoms with Gasteiger partial charge in [0.15, 0.2) is 16.2 Å². The van der Waals surface area contributed by atoms with Crippen molar-refractivity contribution in [3.63, 3.8) is 0 Å². The third-order valence-corrected chi connectivity index (χ3v) is 5.73. The maximum Gasteiger partial charge on any atom is 0.298 e. The largest absolute Gasteiger partial charge is 0.378 e. The molecule has 3 aromatic rings. The predicted octanol–water partition coefficient (Wildman–Crippen LogP) is 2.03. The first-order valence-corrected chi connectivity index (χ1v) is 8.80. The average molecular weight is 376 g/mol. The number of hydrogen-bond acceptors (Lipinski definition) is 5. The molecule has 4 atom stereocenters. The number of halogens is 2. The molecule has 3 heterocycles. The maximum absolute atomic E-state index is 13.9. The fourth-order valence-corrected chi connectivity index (χ4v) is 4.15. The molecule has 134 valence electrons. The molecule has 2 aliphatic rings. The van der Waals surface area contributed by atoms with E-state index in [1.165, 1.54) is 15.4 Å². The van der Waals surface area contributed by atoms with Crippen LogP contribution in [0.25, 0.3) is 11.0 Å². The Labute approximate surface area is 152 Å². The second-order valence-electron chi connectivity index (χ2n) is 6.85. The summed E-state index contributed by atoms with van der Waals surface area (Å²) in [4.78, 5) is 12.8. The molecular formula is C17H15ClFN5O2. The van der Waals surface area contributed by atoms with Gasteiger partial charge in [0.2, 0.25) is 0 Å². The van der Waals surface area contributed by atoms with Crippen molar-refractivity contribution in [3.8, 4) is 0 Å². The summed E-state index contributed by atoms with van der Waals surface area (Å²) in [7, 11) is 0. The van der Waals surface area contributed by atoms with Crippen LogP contribution in [0.2, 0.25) is 5.15 Å². The highest BCUT2D eigenvalue weighted by molar-refractivity contribution is 6.33. The Kier molecular flexibility index (Phi) is 3.42. The van der Waals surface area contributed by atoms with Gasteiger partial charge in [0.1, 0.15) is 5.82 Å². The summed E-state index contributed by atoms with van der Waals surface area (Å²) in [5.74, 6) is 0.229. The summed E-state index contributed by atoms with van der Waals surface area (Å²) in [6.45, 7) is 2.74. The van der Waals surface area contributed by atoms with Crippen LogP contribution in [0, 0.1) is 17.7 Å². The van der Waals surface area contributed by atoms with Crippen LogP contribution in [0.4, 0.5) is 4.39 Å². The first-order valence-electron chi connectivity index (χ1n) is 8.43. The van der Waals surface area contributed by atoms with E-state index in [-0.39, 0.29) is 52.2 Å². The Morgan fingerprint density at radius 3 is 2.88 bits per heavy atom. The Morgan fingerprint density at radius 2 is 2.15 bits per heavy atom. The first kappa shape index (κ1) is 15.9. The summed E-state index contributed by atoms with van der Waals surface area (Å²) in [5, 5.41) is 12.6. The van der Waals surface area contributed by atoms with Crippen LogP contribution in [-0.4, -0.2) is 37.5 Å². The summed E-state index contributed by atoms with van der Waals surface area (Å²) in [6, 6.07) is 6.36. The highest BCUT2D eigenvalue weighted by Gasteiger charge is 2.60. The van der Waals surface area contributed by atoms with E-state index in [9.17, 15) is 9.18 Å². The summed E-state index contributed by atoms with van der Waals surface area (Å²) < 4.78 is 22.2.